The number of methoxy groups -OCH3 is 1. The van der Waals surface area contributed by atoms with E-state index in [-0.39, 0.29) is 44.0 Å². The van der Waals surface area contributed by atoms with Crippen LogP contribution >= 0.6 is 0 Å². The van der Waals surface area contributed by atoms with E-state index in [9.17, 15) is 14.4 Å². The van der Waals surface area contributed by atoms with Crippen LogP contribution in [-0.4, -0.2) is 83.5 Å². The summed E-state index contributed by atoms with van der Waals surface area (Å²) in [6.07, 6.45) is 0. The lowest BCUT2D eigenvalue weighted by Gasteiger charge is -2.27. The van der Waals surface area contributed by atoms with Crippen LogP contribution in [0, 0.1) is 6.92 Å². The number of aryl methyl sites for hydroxylation is 1. The van der Waals surface area contributed by atoms with Gasteiger partial charge in [0.15, 0.2) is 0 Å². The number of hydrogen-bond acceptors (Lipinski definition) is 7. The maximum atomic E-state index is 14.3. The smallest absolute Gasteiger partial charge is 0.253 e. The molecule has 0 aliphatic carbocycles. The Kier molecular flexibility index (Phi) is 11.0. The molecule has 224 valence electrons. The number of anilines is 2. The molecule has 0 saturated carbocycles. The van der Waals surface area contributed by atoms with Gasteiger partial charge in [-0.3, -0.25) is 14.4 Å². The van der Waals surface area contributed by atoms with Crippen molar-refractivity contribution in [2.24, 2.45) is 0 Å². The van der Waals surface area contributed by atoms with E-state index in [2.05, 4.69) is 16.7 Å². The molecule has 1 aliphatic heterocycles. The van der Waals surface area contributed by atoms with Gasteiger partial charge in [0.1, 0.15) is 12.6 Å². The highest BCUT2D eigenvalue weighted by Gasteiger charge is 2.37. The molecule has 0 unspecified atom stereocenters. The van der Waals surface area contributed by atoms with Crippen molar-refractivity contribution in [2.45, 2.75) is 32.5 Å². The van der Waals surface area contributed by atoms with Gasteiger partial charge in [-0.2, -0.15) is 0 Å². The van der Waals surface area contributed by atoms with Crippen LogP contribution in [0.2, 0.25) is 0 Å². The summed E-state index contributed by atoms with van der Waals surface area (Å²) < 4.78 is 16.0. The fourth-order valence-corrected chi connectivity index (χ4v) is 4.93. The van der Waals surface area contributed by atoms with E-state index >= 15 is 0 Å². The predicted octanol–water partition coefficient (Wildman–Crippen LogP) is 2.80. The number of nitrogens with zero attached hydrogens (tertiary/aromatic N) is 2. The summed E-state index contributed by atoms with van der Waals surface area (Å²) in [7, 11) is 3.28. The number of hydrogen-bond donors (Lipinski definition) is 2. The van der Waals surface area contributed by atoms with Gasteiger partial charge in [-0.1, -0.05) is 48.5 Å². The van der Waals surface area contributed by atoms with Gasteiger partial charge in [0.05, 0.1) is 56.9 Å². The first kappa shape index (κ1) is 31.1. The van der Waals surface area contributed by atoms with Crippen molar-refractivity contribution in [1.29, 1.82) is 0 Å². The minimum absolute atomic E-state index is 0.0322. The second kappa shape index (κ2) is 14.9. The number of rotatable bonds is 13. The van der Waals surface area contributed by atoms with Crippen LogP contribution in [0.3, 0.4) is 0 Å². The van der Waals surface area contributed by atoms with Crippen LogP contribution in [0.4, 0.5) is 11.4 Å². The van der Waals surface area contributed by atoms with Crippen molar-refractivity contribution < 1.29 is 28.6 Å². The molecule has 3 amide bonds. The highest BCUT2D eigenvalue weighted by Crippen LogP contribution is 2.35. The van der Waals surface area contributed by atoms with Crippen molar-refractivity contribution in [3.8, 4) is 0 Å². The Labute approximate surface area is 246 Å². The molecule has 10 nitrogen and oxygen atoms in total. The van der Waals surface area contributed by atoms with E-state index in [1.54, 1.807) is 26.0 Å². The fourth-order valence-electron chi connectivity index (χ4n) is 4.93. The van der Waals surface area contributed by atoms with Crippen LogP contribution in [0.1, 0.15) is 18.1 Å². The zero-order chi connectivity index (χ0) is 30.1. The first-order valence-corrected chi connectivity index (χ1v) is 14.2. The molecule has 4 rings (SSSR count). The van der Waals surface area contributed by atoms with E-state index in [0.717, 1.165) is 21.9 Å². The van der Waals surface area contributed by atoms with E-state index in [1.807, 2.05) is 61.5 Å². The summed E-state index contributed by atoms with van der Waals surface area (Å²) in [5.74, 6) is -0.953. The molecular weight excluding hydrogens is 536 g/mol. The first-order valence-electron chi connectivity index (χ1n) is 14.2. The van der Waals surface area contributed by atoms with Crippen LogP contribution < -0.4 is 20.4 Å². The maximum absolute atomic E-state index is 14.3. The topological polar surface area (TPSA) is 109 Å². The van der Waals surface area contributed by atoms with Crippen LogP contribution in [0.5, 0.6) is 0 Å². The highest BCUT2D eigenvalue weighted by atomic mass is 16.5. The van der Waals surface area contributed by atoms with Gasteiger partial charge >= 0.3 is 0 Å². The van der Waals surface area contributed by atoms with Gasteiger partial charge in [-0.25, -0.2) is 0 Å². The molecule has 10 heteroatoms. The minimum atomic E-state index is -0.975. The Hall–Kier alpha value is -3.83. The number of carbonyl (C=O) groups is 3. The van der Waals surface area contributed by atoms with Gasteiger partial charge in [0, 0.05) is 7.11 Å². The van der Waals surface area contributed by atoms with Crippen molar-refractivity contribution in [3.63, 3.8) is 0 Å². The van der Waals surface area contributed by atoms with E-state index in [4.69, 9.17) is 14.2 Å². The van der Waals surface area contributed by atoms with Crippen LogP contribution in [0.25, 0.3) is 10.8 Å². The Balaban J connectivity index is 1.67. The van der Waals surface area contributed by atoms with E-state index < -0.39 is 12.1 Å². The number of benzene rings is 3. The molecule has 0 aromatic heterocycles. The van der Waals surface area contributed by atoms with Crippen molar-refractivity contribution in [3.05, 3.63) is 71.8 Å². The third-order valence-electron chi connectivity index (χ3n) is 7.46. The molecule has 0 fully saturated rings. The fraction of sp³-hybridized carbons (Fsp3) is 0.406. The lowest BCUT2D eigenvalue weighted by atomic mass is 9.99. The number of fused-ring (bicyclic) bond motifs is 2. The van der Waals surface area contributed by atoms with Crippen LogP contribution in [-0.2, 0) is 35.1 Å². The molecule has 2 atom stereocenters. The third-order valence-corrected chi connectivity index (χ3v) is 7.46. The summed E-state index contributed by atoms with van der Waals surface area (Å²) in [5, 5.41) is 7.91. The van der Waals surface area contributed by atoms with Gasteiger partial charge in [0.2, 0.25) is 5.91 Å². The average molecular weight is 577 g/mol. The summed E-state index contributed by atoms with van der Waals surface area (Å²) in [5.41, 5.74) is 3.21. The largest absolute Gasteiger partial charge is 0.382 e. The number of carbonyl (C=O) groups excluding carboxylic acids is 3. The highest BCUT2D eigenvalue weighted by molar-refractivity contribution is 6.08. The average Bonchev–Trinajstić information content (AvgIpc) is 3.12. The second-order valence-electron chi connectivity index (χ2n) is 10.2. The number of ether oxygens (including phenoxy) is 3. The summed E-state index contributed by atoms with van der Waals surface area (Å²) in [4.78, 5) is 44.0. The molecule has 0 radical (unpaired) electrons. The van der Waals surface area contributed by atoms with E-state index in [1.165, 1.54) is 4.90 Å². The lowest BCUT2D eigenvalue weighted by molar-refractivity contribution is -0.129. The summed E-state index contributed by atoms with van der Waals surface area (Å²) >= 11 is 0. The molecule has 2 N–H and O–H groups in total. The SMILES string of the molecule is CN[C@@H](C)C(=O)N[C@H]1CN(C(=O)COCCOCCOC)c2ccccc2N(Cc2c(C)ccc3ccccc23)C1=O. The maximum Gasteiger partial charge on any atom is 0.253 e. The quantitative estimate of drug-likeness (QED) is 0.301. The van der Waals surface area contributed by atoms with Crippen molar-refractivity contribution in [2.75, 3.05) is 63.5 Å². The van der Waals surface area contributed by atoms with Crippen LogP contribution in [0.15, 0.2) is 60.7 Å². The molecule has 3 aromatic carbocycles. The molecule has 1 heterocycles. The molecular formula is C32H40N4O6. The summed E-state index contributed by atoms with van der Waals surface area (Å²) in [6, 6.07) is 18.0. The normalized spacial score (nSPS) is 15.8. The van der Waals surface area contributed by atoms with E-state index in [0.29, 0.717) is 31.2 Å². The first-order chi connectivity index (χ1) is 20.3. The standard InChI is InChI=1S/C32H40N4O6/c1-22-13-14-24-9-5-6-10-25(24)26(22)19-36-29-12-8-7-11-28(29)35(30(37)21-42-18-17-41-16-15-40-4)20-27(32(36)39)34-31(38)23(2)33-3/h5-14,23,27,33H,15-21H2,1-4H3,(H,34,38)/t23-,27-/m0/s1. The number of para-hydroxylation sites is 2. The molecule has 3 aromatic rings. The van der Waals surface area contributed by atoms with Gasteiger partial charge in [-0.15, -0.1) is 0 Å². The Morgan fingerprint density at radius 3 is 2.40 bits per heavy atom. The predicted molar refractivity (Wildman–Crippen MR) is 163 cm³/mol. The Morgan fingerprint density at radius 2 is 1.64 bits per heavy atom. The molecule has 0 saturated heterocycles. The van der Waals surface area contributed by atoms with Gasteiger partial charge < -0.3 is 34.6 Å². The number of nitrogens with one attached hydrogen (secondary N) is 2. The minimum Gasteiger partial charge on any atom is -0.382 e. The van der Waals surface area contributed by atoms with Crippen molar-refractivity contribution >= 4 is 39.9 Å². The lowest BCUT2D eigenvalue weighted by Crippen LogP contribution is -2.56. The Morgan fingerprint density at radius 1 is 0.952 bits per heavy atom. The third kappa shape index (κ3) is 7.32. The zero-order valence-corrected chi connectivity index (χ0v) is 24.7. The van der Waals surface area contributed by atoms with Gasteiger partial charge in [0.25, 0.3) is 11.8 Å². The monoisotopic (exact) mass is 576 g/mol. The second-order valence-corrected chi connectivity index (χ2v) is 10.2. The number of likely N-dealkylation sites (N-methyl/N-ethyl adjacent to an activating group) is 1. The molecule has 42 heavy (non-hydrogen) atoms. The zero-order valence-electron chi connectivity index (χ0n) is 24.7. The van der Waals surface area contributed by atoms with Gasteiger partial charge in [-0.05, 0) is 54.9 Å². The van der Waals surface area contributed by atoms with Crippen molar-refractivity contribution in [1.82, 2.24) is 10.6 Å². The Bertz CT molecular complexity index is 1400. The molecule has 0 spiro atoms. The molecule has 0 bridgehead atoms. The summed E-state index contributed by atoms with van der Waals surface area (Å²) in [6.45, 7) is 5.25. The molecule has 1 aliphatic rings. The number of amides is 3.